The second-order valence-corrected chi connectivity index (χ2v) is 6.36. The molecule has 2 rings (SSSR count). The van der Waals surface area contributed by atoms with Gasteiger partial charge in [-0.05, 0) is 24.6 Å². The maximum atomic E-state index is 6.00. The molecule has 1 nitrogen and oxygen atoms in total. The number of nitrogens with zero attached hydrogens (tertiary/aromatic N) is 1. The Kier molecular flexibility index (Phi) is 4.45. The monoisotopic (exact) mass is 319 g/mol. The number of halogens is 2. The Balaban J connectivity index is 2.33. The van der Waals surface area contributed by atoms with Crippen LogP contribution in [0.1, 0.15) is 12.5 Å². The third-order valence-corrected chi connectivity index (χ3v) is 4.84. The van der Waals surface area contributed by atoms with E-state index in [4.69, 9.17) is 11.6 Å². The van der Waals surface area contributed by atoms with Gasteiger partial charge >= 0.3 is 0 Å². The highest BCUT2D eigenvalue weighted by molar-refractivity contribution is 9.10. The second kappa shape index (κ2) is 5.65. The highest BCUT2D eigenvalue weighted by Gasteiger charge is 2.21. The predicted octanol–water partition coefficient (Wildman–Crippen LogP) is 4.13. The van der Waals surface area contributed by atoms with Gasteiger partial charge in [-0.25, -0.2) is 0 Å². The lowest BCUT2D eigenvalue weighted by Crippen LogP contribution is -2.40. The summed E-state index contributed by atoms with van der Waals surface area (Å²) < 4.78 is 1.13. The Morgan fingerprint density at radius 1 is 1.56 bits per heavy atom. The summed E-state index contributed by atoms with van der Waals surface area (Å²) in [6.45, 7) is 3.40. The summed E-state index contributed by atoms with van der Waals surface area (Å²) in [5, 5.41) is 0. The minimum absolute atomic E-state index is 0.582. The summed E-state index contributed by atoms with van der Waals surface area (Å²) in [5.74, 6) is 2.99. The van der Waals surface area contributed by atoms with Crippen LogP contribution in [0, 0.1) is 0 Å². The van der Waals surface area contributed by atoms with Gasteiger partial charge in [0.25, 0.3) is 0 Å². The molecule has 0 radical (unpaired) electrons. The van der Waals surface area contributed by atoms with Crippen molar-refractivity contribution in [2.45, 2.75) is 18.8 Å². The largest absolute Gasteiger partial charge is 0.367 e. The van der Waals surface area contributed by atoms with Crippen LogP contribution in [-0.2, 0) is 5.88 Å². The first-order valence-corrected chi connectivity index (χ1v) is 7.89. The molecule has 1 atom stereocenters. The van der Waals surface area contributed by atoms with Crippen LogP contribution in [-0.4, -0.2) is 24.1 Å². The molecule has 0 spiro atoms. The van der Waals surface area contributed by atoms with Gasteiger partial charge in [0.15, 0.2) is 0 Å². The molecular weight excluding hydrogens is 306 g/mol. The molecule has 1 saturated heterocycles. The van der Waals surface area contributed by atoms with Crippen molar-refractivity contribution < 1.29 is 0 Å². The third-order valence-electron chi connectivity index (χ3n) is 2.87. The fraction of sp³-hybridized carbons (Fsp3) is 0.500. The van der Waals surface area contributed by atoms with Crippen molar-refractivity contribution in [3.8, 4) is 0 Å². The number of alkyl halides is 1. The van der Waals surface area contributed by atoms with Crippen LogP contribution >= 0.6 is 39.3 Å². The number of hydrogen-bond donors (Lipinski definition) is 0. The van der Waals surface area contributed by atoms with E-state index in [2.05, 4.69) is 46.0 Å². The van der Waals surface area contributed by atoms with Crippen molar-refractivity contribution in [3.63, 3.8) is 0 Å². The molecule has 88 valence electrons. The number of rotatable bonds is 2. The van der Waals surface area contributed by atoms with Gasteiger partial charge in [0, 0.05) is 40.1 Å². The maximum Gasteiger partial charge on any atom is 0.0494 e. The van der Waals surface area contributed by atoms with Gasteiger partial charge < -0.3 is 4.90 Å². The lowest BCUT2D eigenvalue weighted by molar-refractivity contribution is 0.697. The Morgan fingerprint density at radius 2 is 2.38 bits per heavy atom. The van der Waals surface area contributed by atoms with Crippen molar-refractivity contribution in [1.29, 1.82) is 0 Å². The van der Waals surface area contributed by atoms with E-state index in [0.717, 1.165) is 11.0 Å². The summed E-state index contributed by atoms with van der Waals surface area (Å²) >= 11 is 11.6. The van der Waals surface area contributed by atoms with E-state index in [9.17, 15) is 0 Å². The molecule has 0 amide bonds. The molecule has 16 heavy (non-hydrogen) atoms. The van der Waals surface area contributed by atoms with Gasteiger partial charge in [-0.3, -0.25) is 0 Å². The minimum Gasteiger partial charge on any atom is -0.367 e. The Bertz CT molecular complexity index is 372. The molecular formula is C12H15BrClNS. The number of thioether (sulfide) groups is 1. The van der Waals surface area contributed by atoms with Gasteiger partial charge in [-0.2, -0.15) is 11.8 Å². The van der Waals surface area contributed by atoms with Gasteiger partial charge in [0.2, 0.25) is 0 Å². The Hall–Kier alpha value is 0.140. The summed E-state index contributed by atoms with van der Waals surface area (Å²) in [5.41, 5.74) is 2.51. The molecule has 0 aromatic heterocycles. The Morgan fingerprint density at radius 3 is 3.06 bits per heavy atom. The van der Waals surface area contributed by atoms with Gasteiger partial charge in [-0.1, -0.05) is 22.0 Å². The molecule has 0 bridgehead atoms. The molecule has 0 N–H and O–H groups in total. The van der Waals surface area contributed by atoms with Crippen LogP contribution in [0.15, 0.2) is 22.7 Å². The normalized spacial score (nSPS) is 21.2. The lowest BCUT2D eigenvalue weighted by Gasteiger charge is -2.36. The van der Waals surface area contributed by atoms with Crippen molar-refractivity contribution in [1.82, 2.24) is 0 Å². The van der Waals surface area contributed by atoms with Crippen LogP contribution in [0.3, 0.4) is 0 Å². The van der Waals surface area contributed by atoms with Crippen LogP contribution in [0.2, 0.25) is 0 Å². The average molecular weight is 321 g/mol. The zero-order valence-corrected chi connectivity index (χ0v) is 12.4. The highest BCUT2D eigenvalue weighted by atomic mass is 79.9. The molecule has 1 unspecified atom stereocenters. The zero-order valence-electron chi connectivity index (χ0n) is 9.25. The molecule has 1 aliphatic rings. The van der Waals surface area contributed by atoms with E-state index < -0.39 is 0 Å². The topological polar surface area (TPSA) is 3.24 Å². The van der Waals surface area contributed by atoms with E-state index in [1.165, 1.54) is 22.8 Å². The highest BCUT2D eigenvalue weighted by Crippen LogP contribution is 2.30. The summed E-state index contributed by atoms with van der Waals surface area (Å²) in [7, 11) is 0. The summed E-state index contributed by atoms with van der Waals surface area (Å²) in [4.78, 5) is 2.47. The summed E-state index contributed by atoms with van der Waals surface area (Å²) in [6, 6.07) is 6.95. The molecule has 1 aliphatic heterocycles. The standard InChI is InChI=1S/C12H15BrClNS/c1-9-8-16-5-4-15(9)12-6-11(13)3-2-10(12)7-14/h2-3,6,9H,4-5,7-8H2,1H3. The molecule has 1 heterocycles. The van der Waals surface area contributed by atoms with Crippen LogP contribution in [0.25, 0.3) is 0 Å². The van der Waals surface area contributed by atoms with E-state index in [1.54, 1.807) is 0 Å². The average Bonchev–Trinajstić information content (AvgIpc) is 2.29. The molecule has 4 heteroatoms. The Labute approximate surface area is 115 Å². The smallest absolute Gasteiger partial charge is 0.0494 e. The third kappa shape index (κ3) is 2.69. The van der Waals surface area contributed by atoms with Crippen LogP contribution < -0.4 is 4.90 Å². The maximum absolute atomic E-state index is 6.00. The quantitative estimate of drug-likeness (QED) is 0.754. The zero-order chi connectivity index (χ0) is 11.5. The molecule has 1 aromatic rings. The van der Waals surface area contributed by atoms with Crippen molar-refractivity contribution in [3.05, 3.63) is 28.2 Å². The fourth-order valence-corrected chi connectivity index (χ4v) is 3.59. The molecule has 0 saturated carbocycles. The molecule has 0 aliphatic carbocycles. The second-order valence-electron chi connectivity index (χ2n) is 4.02. The predicted molar refractivity (Wildman–Crippen MR) is 77.8 cm³/mol. The van der Waals surface area contributed by atoms with E-state index >= 15 is 0 Å². The molecule has 1 aromatic carbocycles. The summed E-state index contributed by atoms with van der Waals surface area (Å²) in [6.07, 6.45) is 0. The van der Waals surface area contributed by atoms with E-state index in [-0.39, 0.29) is 0 Å². The van der Waals surface area contributed by atoms with Crippen molar-refractivity contribution in [2.75, 3.05) is 23.0 Å². The number of hydrogen-bond acceptors (Lipinski definition) is 2. The van der Waals surface area contributed by atoms with Gasteiger partial charge in [0.1, 0.15) is 0 Å². The fourth-order valence-electron chi connectivity index (χ4n) is 2.00. The first kappa shape index (κ1) is 12.6. The van der Waals surface area contributed by atoms with Crippen molar-refractivity contribution >= 4 is 45.0 Å². The van der Waals surface area contributed by atoms with Gasteiger partial charge in [0.05, 0.1) is 0 Å². The number of anilines is 1. The molecule has 1 fully saturated rings. The van der Waals surface area contributed by atoms with Gasteiger partial charge in [-0.15, -0.1) is 11.6 Å². The van der Waals surface area contributed by atoms with Crippen LogP contribution in [0.5, 0.6) is 0 Å². The van der Waals surface area contributed by atoms with E-state index in [1.807, 2.05) is 11.8 Å². The first-order valence-electron chi connectivity index (χ1n) is 5.41. The minimum atomic E-state index is 0.582. The lowest BCUT2D eigenvalue weighted by atomic mass is 10.1. The SMILES string of the molecule is CC1CSCCN1c1cc(Br)ccc1CCl. The van der Waals surface area contributed by atoms with Crippen LogP contribution in [0.4, 0.5) is 5.69 Å². The van der Waals surface area contributed by atoms with E-state index in [0.29, 0.717) is 11.9 Å². The number of benzene rings is 1. The van der Waals surface area contributed by atoms with Crippen molar-refractivity contribution in [2.24, 2.45) is 0 Å². The first-order chi connectivity index (χ1) is 7.72.